The molecule has 308 valence electrons. The number of anilines is 2. The zero-order valence-electron chi connectivity index (χ0n) is 32.8. The largest absolute Gasteiger partial charge is 0.491 e. The Labute approximate surface area is 342 Å². The van der Waals surface area contributed by atoms with Gasteiger partial charge in [-0.3, -0.25) is 24.2 Å². The zero-order valence-corrected chi connectivity index (χ0v) is 33.6. The number of pyridine rings is 1. The van der Waals surface area contributed by atoms with E-state index in [1.807, 2.05) is 19.1 Å². The summed E-state index contributed by atoms with van der Waals surface area (Å²) in [4.78, 5) is 58.3. The average molecular weight is 826 g/mol. The Morgan fingerprint density at radius 2 is 1.78 bits per heavy atom. The lowest BCUT2D eigenvalue weighted by Gasteiger charge is -2.38. The highest BCUT2D eigenvalue weighted by atomic mass is 32.2. The number of carbonyl (C=O) groups is 3. The first kappa shape index (κ1) is 40.0. The van der Waals surface area contributed by atoms with E-state index >= 15 is 8.78 Å². The highest BCUT2D eigenvalue weighted by Crippen LogP contribution is 2.37. The van der Waals surface area contributed by atoms with Crippen molar-refractivity contribution in [3.8, 4) is 22.6 Å². The minimum absolute atomic E-state index is 0.0627. The molecule has 59 heavy (non-hydrogen) atoms. The fourth-order valence-electron chi connectivity index (χ4n) is 8.31. The monoisotopic (exact) mass is 825 g/mol. The van der Waals surface area contributed by atoms with E-state index in [0.717, 1.165) is 42.7 Å². The van der Waals surface area contributed by atoms with Gasteiger partial charge in [-0.2, -0.15) is 0 Å². The first-order valence-corrected chi connectivity index (χ1v) is 21.3. The fourth-order valence-corrected chi connectivity index (χ4v) is 9.19. The lowest BCUT2D eigenvalue weighted by atomic mass is 10.0. The molecule has 3 aliphatic heterocycles. The Hall–Kier alpha value is -5.81. The summed E-state index contributed by atoms with van der Waals surface area (Å²) in [5, 5.41) is 2.75. The van der Waals surface area contributed by atoms with Crippen molar-refractivity contribution in [1.82, 2.24) is 34.6 Å². The van der Waals surface area contributed by atoms with E-state index < -0.39 is 40.5 Å². The van der Waals surface area contributed by atoms with Crippen LogP contribution in [0.5, 0.6) is 5.75 Å². The number of hydrogen-bond donors (Lipinski definition) is 2. The molecule has 5 aromatic rings. The van der Waals surface area contributed by atoms with Crippen LogP contribution >= 0.6 is 0 Å². The highest BCUT2D eigenvalue weighted by molar-refractivity contribution is 7.86. The van der Waals surface area contributed by atoms with Gasteiger partial charge in [0.2, 0.25) is 5.91 Å². The molecule has 17 heteroatoms. The Balaban J connectivity index is 0.970. The predicted octanol–water partition coefficient (Wildman–Crippen LogP) is 5.49. The van der Waals surface area contributed by atoms with Gasteiger partial charge in [0, 0.05) is 74.2 Å². The maximum atomic E-state index is 16.1. The van der Waals surface area contributed by atoms with Crippen LogP contribution in [0.15, 0.2) is 67.4 Å². The van der Waals surface area contributed by atoms with Crippen molar-refractivity contribution in [3.63, 3.8) is 0 Å². The van der Waals surface area contributed by atoms with Gasteiger partial charge in [0.1, 0.15) is 53.0 Å². The quantitative estimate of drug-likeness (QED) is 0.138. The standard InChI is InChI=1S/C42H45F2N9O5S/c1-3-21-59(57)49-31-11-10-30(43)39(37(31)44)52-24-29(26-22-45-25-46-23-26)38-32(52)12-13-35(48-38)51(4-2)27-14-17-50(18-15-27)19-20-58-34-9-5-7-28-36(34)42(56)53(41(28)55)33-8-6-16-47-40(33)54/h5,7,9-13,22-25,27,33,49H,3-4,6,8,14-21H2,1-2H3,(H,47,54). The van der Waals surface area contributed by atoms with Gasteiger partial charge in [-0.25, -0.2) is 27.9 Å². The molecule has 2 unspecified atom stereocenters. The van der Waals surface area contributed by atoms with E-state index in [1.54, 1.807) is 36.8 Å². The van der Waals surface area contributed by atoms with Crippen LogP contribution in [-0.2, 0) is 15.8 Å². The van der Waals surface area contributed by atoms with E-state index in [0.29, 0.717) is 79.2 Å². The Kier molecular flexibility index (Phi) is 11.7. The molecule has 0 radical (unpaired) electrons. The minimum Gasteiger partial charge on any atom is -0.491 e. The van der Waals surface area contributed by atoms with Gasteiger partial charge in [-0.05, 0) is 75.4 Å². The Morgan fingerprint density at radius 3 is 2.53 bits per heavy atom. The Morgan fingerprint density at radius 1 is 0.983 bits per heavy atom. The van der Waals surface area contributed by atoms with Crippen molar-refractivity contribution < 1.29 is 32.1 Å². The van der Waals surface area contributed by atoms with Crippen molar-refractivity contribution in [2.24, 2.45) is 0 Å². The number of nitrogens with one attached hydrogen (secondary N) is 2. The number of imide groups is 1. The van der Waals surface area contributed by atoms with E-state index in [1.165, 1.54) is 17.0 Å². The van der Waals surface area contributed by atoms with Crippen LogP contribution in [0.4, 0.5) is 20.3 Å². The topological polar surface area (TPSA) is 155 Å². The van der Waals surface area contributed by atoms with Gasteiger partial charge in [0.15, 0.2) is 5.82 Å². The lowest BCUT2D eigenvalue weighted by molar-refractivity contribution is -0.126. The molecule has 2 N–H and O–H groups in total. The number of benzene rings is 2. The highest BCUT2D eigenvalue weighted by Gasteiger charge is 2.45. The molecule has 6 heterocycles. The summed E-state index contributed by atoms with van der Waals surface area (Å²) in [5.41, 5.74) is 2.30. The molecular weight excluding hydrogens is 781 g/mol. The second kappa shape index (κ2) is 17.2. The number of ether oxygens (including phenoxy) is 1. The molecule has 2 aromatic carbocycles. The van der Waals surface area contributed by atoms with E-state index in [-0.39, 0.29) is 34.5 Å². The SMILES string of the molecule is CCCS(=O)Nc1ccc(F)c(-n2cc(-c3cncnc3)c3nc(N(CC)C4CCN(CCOc5cccc6c5C(=O)N(C5CCCNC5=O)C6=O)CC4)ccc32)c1F. The summed E-state index contributed by atoms with van der Waals surface area (Å²) >= 11 is 0. The molecule has 0 aliphatic carbocycles. The normalized spacial score (nSPS) is 17.9. The number of rotatable bonds is 14. The van der Waals surface area contributed by atoms with E-state index in [9.17, 15) is 18.6 Å². The number of amides is 3. The summed E-state index contributed by atoms with van der Waals surface area (Å²) in [6.07, 6.45) is 9.74. The molecular formula is C42H45F2N9O5S. The van der Waals surface area contributed by atoms with Crippen molar-refractivity contribution in [2.75, 3.05) is 54.7 Å². The molecule has 0 bridgehead atoms. The van der Waals surface area contributed by atoms with Crippen LogP contribution in [0.1, 0.15) is 66.7 Å². The lowest BCUT2D eigenvalue weighted by Crippen LogP contribution is -2.52. The maximum Gasteiger partial charge on any atom is 0.266 e. The average Bonchev–Trinajstić information content (AvgIpc) is 3.74. The van der Waals surface area contributed by atoms with Gasteiger partial charge < -0.3 is 24.2 Å². The second-order valence-electron chi connectivity index (χ2n) is 14.8. The Bertz CT molecular complexity index is 2420. The summed E-state index contributed by atoms with van der Waals surface area (Å²) < 4.78 is 54.3. The third kappa shape index (κ3) is 7.76. The molecule has 3 aliphatic rings. The number of nitrogens with zero attached hydrogens (tertiary/aromatic N) is 7. The molecule has 2 atom stereocenters. The number of carbonyl (C=O) groups excluding carboxylic acids is 3. The molecule has 2 saturated heterocycles. The molecule has 14 nitrogen and oxygen atoms in total. The fraction of sp³-hybridized carbons (Fsp3) is 0.381. The third-order valence-electron chi connectivity index (χ3n) is 11.2. The number of aromatic nitrogens is 4. The van der Waals surface area contributed by atoms with Gasteiger partial charge in [-0.15, -0.1) is 0 Å². The predicted molar refractivity (Wildman–Crippen MR) is 220 cm³/mol. The smallest absolute Gasteiger partial charge is 0.266 e. The molecule has 2 fully saturated rings. The molecule has 0 spiro atoms. The van der Waals surface area contributed by atoms with Crippen LogP contribution < -0.4 is 19.7 Å². The van der Waals surface area contributed by atoms with Gasteiger partial charge in [0.25, 0.3) is 11.8 Å². The number of fused-ring (bicyclic) bond motifs is 2. The van der Waals surface area contributed by atoms with Crippen LogP contribution in [-0.4, -0.2) is 108 Å². The van der Waals surface area contributed by atoms with E-state index in [4.69, 9.17) is 9.72 Å². The van der Waals surface area contributed by atoms with Crippen LogP contribution in [0.25, 0.3) is 27.8 Å². The van der Waals surface area contributed by atoms with Gasteiger partial charge >= 0.3 is 0 Å². The van der Waals surface area contributed by atoms with Crippen molar-refractivity contribution in [1.29, 1.82) is 0 Å². The number of halogens is 2. The van der Waals surface area contributed by atoms with Crippen molar-refractivity contribution in [2.45, 2.75) is 58.0 Å². The molecule has 8 rings (SSSR count). The minimum atomic E-state index is -1.53. The van der Waals surface area contributed by atoms with E-state index in [2.05, 4.69) is 36.7 Å². The number of hydrogen-bond acceptors (Lipinski definition) is 10. The number of likely N-dealkylation sites (tertiary alicyclic amines) is 1. The van der Waals surface area contributed by atoms with Crippen molar-refractivity contribution >= 4 is 51.2 Å². The molecule has 0 saturated carbocycles. The molecule has 3 amide bonds. The maximum absolute atomic E-state index is 16.1. The zero-order chi connectivity index (χ0) is 41.2. The summed E-state index contributed by atoms with van der Waals surface area (Å²) in [6, 6.07) is 10.4. The summed E-state index contributed by atoms with van der Waals surface area (Å²) in [6.45, 7) is 7.64. The third-order valence-corrected chi connectivity index (χ3v) is 12.4. The van der Waals surface area contributed by atoms with Crippen LogP contribution in [0.2, 0.25) is 0 Å². The second-order valence-corrected chi connectivity index (χ2v) is 16.1. The first-order chi connectivity index (χ1) is 28.7. The number of piperidine rings is 2. The van der Waals surface area contributed by atoms with Gasteiger partial charge in [0.05, 0.1) is 27.8 Å². The van der Waals surface area contributed by atoms with Crippen LogP contribution in [0, 0.1) is 11.6 Å². The summed E-state index contributed by atoms with van der Waals surface area (Å²) in [7, 11) is -1.53. The van der Waals surface area contributed by atoms with Crippen molar-refractivity contribution in [3.05, 3.63) is 90.1 Å². The summed E-state index contributed by atoms with van der Waals surface area (Å²) in [5.74, 6) is -1.57. The van der Waals surface area contributed by atoms with Gasteiger partial charge in [-0.1, -0.05) is 13.0 Å². The first-order valence-electron chi connectivity index (χ1n) is 20.0. The molecule has 3 aromatic heterocycles. The van der Waals surface area contributed by atoms with Crippen LogP contribution in [0.3, 0.4) is 0 Å².